The first-order valence-corrected chi connectivity index (χ1v) is 6.07. The third kappa shape index (κ3) is 5.92. The Labute approximate surface area is 114 Å². The number of carboxylic acids is 1. The van der Waals surface area contributed by atoms with Crippen molar-refractivity contribution in [2.24, 2.45) is 0 Å². The minimum Gasteiger partial charge on any atom is -0.492 e. The third-order valence-electron chi connectivity index (χ3n) is 2.63. The summed E-state index contributed by atoms with van der Waals surface area (Å²) in [7, 11) is 0. The van der Waals surface area contributed by atoms with Crippen LogP contribution < -0.4 is 4.74 Å². The summed E-state index contributed by atoms with van der Waals surface area (Å²) in [6.07, 6.45) is -4.22. The smallest absolute Gasteiger partial charge is 0.401 e. The van der Waals surface area contributed by atoms with Gasteiger partial charge in [0.1, 0.15) is 12.4 Å². The van der Waals surface area contributed by atoms with Crippen molar-refractivity contribution < 1.29 is 27.8 Å². The van der Waals surface area contributed by atoms with Crippen LogP contribution >= 0.6 is 0 Å². The summed E-state index contributed by atoms with van der Waals surface area (Å²) in [6.45, 7) is 1.21. The molecule has 0 fully saturated rings. The normalized spacial score (nSPS) is 11.7. The zero-order valence-corrected chi connectivity index (χ0v) is 11.0. The molecule has 0 radical (unpaired) electrons. The van der Waals surface area contributed by atoms with Gasteiger partial charge in [-0.3, -0.25) is 4.90 Å². The van der Waals surface area contributed by atoms with E-state index in [1.807, 2.05) is 0 Å². The summed E-state index contributed by atoms with van der Waals surface area (Å²) in [5.41, 5.74) is 0.129. The number of hydrogen-bond donors (Lipinski definition) is 1. The van der Waals surface area contributed by atoms with Gasteiger partial charge >= 0.3 is 12.1 Å². The number of ether oxygens (including phenoxy) is 1. The summed E-state index contributed by atoms with van der Waals surface area (Å²) in [4.78, 5) is 11.9. The van der Waals surface area contributed by atoms with Gasteiger partial charge in [-0.15, -0.1) is 0 Å². The number of alkyl halides is 3. The van der Waals surface area contributed by atoms with E-state index >= 15 is 0 Å². The molecule has 7 heteroatoms. The van der Waals surface area contributed by atoms with E-state index in [2.05, 4.69) is 0 Å². The molecule has 20 heavy (non-hydrogen) atoms. The van der Waals surface area contributed by atoms with E-state index in [1.165, 1.54) is 29.2 Å². The number of carbonyl (C=O) groups is 1. The van der Waals surface area contributed by atoms with Crippen LogP contribution in [0, 0.1) is 0 Å². The summed E-state index contributed by atoms with van der Waals surface area (Å²) in [5.74, 6) is -0.614. The minimum absolute atomic E-state index is 0.107. The lowest BCUT2D eigenvalue weighted by Crippen LogP contribution is -2.36. The van der Waals surface area contributed by atoms with Crippen LogP contribution in [0.15, 0.2) is 24.3 Å². The Bertz CT molecular complexity index is 431. The van der Waals surface area contributed by atoms with Crippen LogP contribution in [0.3, 0.4) is 0 Å². The van der Waals surface area contributed by atoms with Crippen LogP contribution in [0.4, 0.5) is 13.2 Å². The highest BCUT2D eigenvalue weighted by Gasteiger charge is 2.29. The fourth-order valence-electron chi connectivity index (χ4n) is 1.59. The van der Waals surface area contributed by atoms with E-state index in [1.54, 1.807) is 6.92 Å². The van der Waals surface area contributed by atoms with Crippen LogP contribution in [0.25, 0.3) is 0 Å². The van der Waals surface area contributed by atoms with Crippen molar-refractivity contribution in [3.63, 3.8) is 0 Å². The molecule has 0 amide bonds. The standard InChI is InChI=1S/C13H16F3NO3/c1-2-17(9-13(14,15)16)7-8-20-11-5-3-10(4-6-11)12(18)19/h3-6H,2,7-9H2,1H3,(H,18,19). The van der Waals surface area contributed by atoms with Crippen molar-refractivity contribution in [1.82, 2.24) is 4.90 Å². The van der Waals surface area contributed by atoms with Crippen molar-refractivity contribution >= 4 is 5.97 Å². The zero-order valence-electron chi connectivity index (χ0n) is 11.0. The third-order valence-corrected chi connectivity index (χ3v) is 2.63. The fourth-order valence-corrected chi connectivity index (χ4v) is 1.59. The van der Waals surface area contributed by atoms with Crippen molar-refractivity contribution in [2.75, 3.05) is 26.2 Å². The second-order valence-electron chi connectivity index (χ2n) is 4.16. The van der Waals surface area contributed by atoms with Crippen LogP contribution in [0.1, 0.15) is 17.3 Å². The molecule has 0 aliphatic heterocycles. The molecule has 112 valence electrons. The lowest BCUT2D eigenvalue weighted by Gasteiger charge is -2.21. The highest BCUT2D eigenvalue weighted by Crippen LogP contribution is 2.16. The average molecular weight is 291 g/mol. The van der Waals surface area contributed by atoms with Crippen LogP contribution in [0.5, 0.6) is 5.75 Å². The Morgan fingerprint density at radius 1 is 1.30 bits per heavy atom. The maximum absolute atomic E-state index is 12.2. The number of hydrogen-bond acceptors (Lipinski definition) is 3. The number of nitrogens with zero attached hydrogens (tertiary/aromatic N) is 1. The number of likely N-dealkylation sites (N-methyl/N-ethyl adjacent to an activating group) is 1. The Morgan fingerprint density at radius 3 is 2.35 bits per heavy atom. The highest BCUT2D eigenvalue weighted by atomic mass is 19.4. The van der Waals surface area contributed by atoms with E-state index in [9.17, 15) is 18.0 Å². The van der Waals surface area contributed by atoms with Crippen LogP contribution in [-0.4, -0.2) is 48.4 Å². The lowest BCUT2D eigenvalue weighted by molar-refractivity contribution is -0.146. The average Bonchev–Trinajstić information content (AvgIpc) is 2.36. The van der Waals surface area contributed by atoms with Gasteiger partial charge in [-0.25, -0.2) is 4.79 Å². The van der Waals surface area contributed by atoms with Crippen LogP contribution in [-0.2, 0) is 0 Å². The number of carboxylic acid groups (broad SMARTS) is 1. The van der Waals surface area contributed by atoms with Crippen LogP contribution in [0.2, 0.25) is 0 Å². The van der Waals surface area contributed by atoms with Gasteiger partial charge in [0.05, 0.1) is 12.1 Å². The molecular weight excluding hydrogens is 275 g/mol. The zero-order chi connectivity index (χ0) is 15.2. The van der Waals surface area contributed by atoms with Crippen molar-refractivity contribution in [3.8, 4) is 5.75 Å². The maximum atomic E-state index is 12.2. The van der Waals surface area contributed by atoms with E-state index in [-0.39, 0.29) is 25.3 Å². The number of halogens is 3. The molecule has 0 bridgehead atoms. The summed E-state index contributed by atoms with van der Waals surface area (Å²) in [6, 6.07) is 5.71. The molecule has 0 heterocycles. The molecular formula is C13H16F3NO3. The first kappa shape index (κ1) is 16.3. The molecule has 0 saturated carbocycles. The molecule has 0 unspecified atom stereocenters. The molecule has 0 atom stereocenters. The van der Waals surface area contributed by atoms with Gasteiger partial charge < -0.3 is 9.84 Å². The molecule has 1 aromatic rings. The molecule has 0 aliphatic carbocycles. The molecule has 1 N–H and O–H groups in total. The van der Waals surface area contributed by atoms with E-state index in [0.717, 1.165) is 0 Å². The fraction of sp³-hybridized carbons (Fsp3) is 0.462. The van der Waals surface area contributed by atoms with Gasteiger partial charge in [0.2, 0.25) is 0 Å². The Hall–Kier alpha value is -1.76. The SMILES string of the molecule is CCN(CCOc1ccc(C(=O)O)cc1)CC(F)(F)F. The molecule has 4 nitrogen and oxygen atoms in total. The number of benzene rings is 1. The summed E-state index contributed by atoms with van der Waals surface area (Å²) >= 11 is 0. The van der Waals surface area contributed by atoms with Gasteiger partial charge in [0.15, 0.2) is 0 Å². The predicted octanol–water partition coefficient (Wildman–Crippen LogP) is 2.65. The van der Waals surface area contributed by atoms with Gasteiger partial charge in [0.25, 0.3) is 0 Å². The first-order valence-electron chi connectivity index (χ1n) is 6.07. The largest absolute Gasteiger partial charge is 0.492 e. The Balaban J connectivity index is 2.41. The van der Waals surface area contributed by atoms with Gasteiger partial charge in [-0.1, -0.05) is 6.92 Å². The number of rotatable bonds is 7. The number of aromatic carboxylic acids is 1. The molecule has 1 rings (SSSR count). The van der Waals surface area contributed by atoms with Crippen molar-refractivity contribution in [3.05, 3.63) is 29.8 Å². The molecule has 0 saturated heterocycles. The molecule has 0 aromatic heterocycles. The van der Waals surface area contributed by atoms with E-state index in [4.69, 9.17) is 9.84 Å². The van der Waals surface area contributed by atoms with Gasteiger partial charge in [-0.2, -0.15) is 13.2 Å². The molecule has 1 aromatic carbocycles. The quantitative estimate of drug-likeness (QED) is 0.839. The summed E-state index contributed by atoms with van der Waals surface area (Å²) < 4.78 is 42.0. The van der Waals surface area contributed by atoms with Gasteiger partial charge in [0, 0.05) is 6.54 Å². The van der Waals surface area contributed by atoms with E-state index < -0.39 is 18.7 Å². The summed E-state index contributed by atoms with van der Waals surface area (Å²) in [5, 5.41) is 8.71. The highest BCUT2D eigenvalue weighted by molar-refractivity contribution is 5.87. The Kier molecular flexibility index (Phi) is 5.82. The minimum atomic E-state index is -4.22. The monoisotopic (exact) mass is 291 g/mol. The maximum Gasteiger partial charge on any atom is 0.401 e. The van der Waals surface area contributed by atoms with Crippen molar-refractivity contribution in [2.45, 2.75) is 13.1 Å². The molecule has 0 aliphatic rings. The molecule has 0 spiro atoms. The topological polar surface area (TPSA) is 49.8 Å². The van der Waals surface area contributed by atoms with E-state index in [0.29, 0.717) is 5.75 Å². The first-order chi connectivity index (χ1) is 9.31. The van der Waals surface area contributed by atoms with Gasteiger partial charge in [-0.05, 0) is 30.8 Å². The second kappa shape index (κ2) is 7.14. The Morgan fingerprint density at radius 2 is 1.90 bits per heavy atom. The predicted molar refractivity (Wildman–Crippen MR) is 67.1 cm³/mol. The lowest BCUT2D eigenvalue weighted by atomic mass is 10.2. The van der Waals surface area contributed by atoms with Crippen molar-refractivity contribution in [1.29, 1.82) is 0 Å². The second-order valence-corrected chi connectivity index (χ2v) is 4.16.